The van der Waals surface area contributed by atoms with Gasteiger partial charge in [0.25, 0.3) is 5.91 Å². The molecule has 1 amide bonds. The number of hydrogen-bond acceptors (Lipinski definition) is 3. The van der Waals surface area contributed by atoms with Crippen molar-refractivity contribution in [3.05, 3.63) is 22.4 Å². The molecule has 1 saturated carbocycles. The van der Waals surface area contributed by atoms with Gasteiger partial charge in [-0.3, -0.25) is 4.79 Å². The monoisotopic (exact) mass is 267 g/mol. The second kappa shape index (κ2) is 5.10. The first kappa shape index (κ1) is 13.1. The van der Waals surface area contributed by atoms with Crippen molar-refractivity contribution in [1.29, 1.82) is 0 Å². The van der Waals surface area contributed by atoms with Gasteiger partial charge in [0, 0.05) is 7.05 Å². The largest absolute Gasteiger partial charge is 0.479 e. The maximum atomic E-state index is 12.3. The number of rotatable bonds is 3. The summed E-state index contributed by atoms with van der Waals surface area (Å²) < 4.78 is 0. The van der Waals surface area contributed by atoms with E-state index in [1.165, 1.54) is 16.2 Å². The molecule has 4 nitrogen and oxygen atoms in total. The Bertz CT molecular complexity index is 435. The zero-order valence-electron chi connectivity index (χ0n) is 10.4. The van der Waals surface area contributed by atoms with E-state index in [9.17, 15) is 14.7 Å². The summed E-state index contributed by atoms with van der Waals surface area (Å²) in [6.07, 6.45) is 3.89. The molecule has 0 aliphatic heterocycles. The topological polar surface area (TPSA) is 57.6 Å². The predicted molar refractivity (Wildman–Crippen MR) is 69.9 cm³/mol. The number of carbonyl (C=O) groups is 2. The lowest BCUT2D eigenvalue weighted by atomic mass is 9.80. The normalized spacial score (nSPS) is 18.3. The first-order valence-electron chi connectivity index (χ1n) is 6.13. The van der Waals surface area contributed by atoms with Gasteiger partial charge in [0.05, 0.1) is 4.88 Å². The van der Waals surface area contributed by atoms with Crippen molar-refractivity contribution >= 4 is 23.2 Å². The smallest absolute Gasteiger partial charge is 0.329 e. The lowest BCUT2D eigenvalue weighted by Crippen LogP contribution is -2.56. The lowest BCUT2D eigenvalue weighted by Gasteiger charge is -2.40. The predicted octanol–water partition coefficient (Wildman–Crippen LogP) is 2.61. The van der Waals surface area contributed by atoms with Gasteiger partial charge in [0.15, 0.2) is 0 Å². The van der Waals surface area contributed by atoms with Crippen LogP contribution in [0.1, 0.15) is 41.8 Å². The van der Waals surface area contributed by atoms with E-state index in [1.54, 1.807) is 19.2 Å². The number of carboxylic acid groups (broad SMARTS) is 1. The Balaban J connectivity index is 2.26. The SMILES string of the molecule is CN(C(=O)c1cccs1)C1(C(=O)O)CCCCC1. The molecule has 5 heteroatoms. The van der Waals surface area contributed by atoms with E-state index < -0.39 is 11.5 Å². The van der Waals surface area contributed by atoms with Gasteiger partial charge in [-0.15, -0.1) is 11.3 Å². The van der Waals surface area contributed by atoms with E-state index in [1.807, 2.05) is 5.38 Å². The third-order valence-corrected chi connectivity index (χ3v) is 4.62. The van der Waals surface area contributed by atoms with E-state index in [0.717, 1.165) is 19.3 Å². The second-order valence-electron chi connectivity index (χ2n) is 4.74. The maximum Gasteiger partial charge on any atom is 0.329 e. The van der Waals surface area contributed by atoms with Crippen LogP contribution < -0.4 is 0 Å². The molecule has 2 rings (SSSR count). The number of likely N-dealkylation sites (N-methyl/N-ethyl adjacent to an activating group) is 1. The molecule has 1 aromatic heterocycles. The van der Waals surface area contributed by atoms with Crippen LogP contribution in [-0.4, -0.2) is 34.5 Å². The molecule has 0 radical (unpaired) electrons. The molecule has 0 saturated heterocycles. The minimum Gasteiger partial charge on any atom is -0.479 e. The number of thiophene rings is 1. The quantitative estimate of drug-likeness (QED) is 0.915. The third-order valence-electron chi connectivity index (χ3n) is 3.76. The van der Waals surface area contributed by atoms with Crippen molar-refractivity contribution in [2.24, 2.45) is 0 Å². The van der Waals surface area contributed by atoms with Crippen LogP contribution in [0.15, 0.2) is 17.5 Å². The number of carbonyl (C=O) groups excluding carboxylic acids is 1. The highest BCUT2D eigenvalue weighted by molar-refractivity contribution is 7.12. The first-order valence-corrected chi connectivity index (χ1v) is 7.01. The summed E-state index contributed by atoms with van der Waals surface area (Å²) in [6, 6.07) is 3.54. The molecular weight excluding hydrogens is 250 g/mol. The molecule has 0 aromatic carbocycles. The highest BCUT2D eigenvalue weighted by Gasteiger charge is 2.45. The van der Waals surface area contributed by atoms with Crippen LogP contribution in [0.3, 0.4) is 0 Å². The minimum atomic E-state index is -1.01. The number of nitrogens with zero attached hydrogens (tertiary/aromatic N) is 1. The maximum absolute atomic E-state index is 12.3. The van der Waals surface area contributed by atoms with E-state index in [-0.39, 0.29) is 5.91 Å². The first-order chi connectivity index (χ1) is 8.58. The summed E-state index contributed by atoms with van der Waals surface area (Å²) in [7, 11) is 1.61. The molecule has 1 aromatic rings. The van der Waals surface area contributed by atoms with Crippen molar-refractivity contribution in [1.82, 2.24) is 4.90 Å². The standard InChI is InChI=1S/C13H17NO3S/c1-14(11(15)10-6-5-9-18-10)13(12(16)17)7-3-2-4-8-13/h5-6,9H,2-4,7-8H2,1H3,(H,16,17). The molecule has 18 heavy (non-hydrogen) atoms. The van der Waals surface area contributed by atoms with Gasteiger partial charge in [0.2, 0.25) is 0 Å². The van der Waals surface area contributed by atoms with E-state index in [0.29, 0.717) is 17.7 Å². The minimum absolute atomic E-state index is 0.186. The molecule has 1 heterocycles. The molecule has 0 unspecified atom stereocenters. The van der Waals surface area contributed by atoms with Crippen molar-refractivity contribution in [3.8, 4) is 0 Å². The molecule has 1 fully saturated rings. The van der Waals surface area contributed by atoms with Gasteiger partial charge < -0.3 is 10.0 Å². The van der Waals surface area contributed by atoms with E-state index in [2.05, 4.69) is 0 Å². The van der Waals surface area contributed by atoms with Crippen molar-refractivity contribution in [2.45, 2.75) is 37.6 Å². The van der Waals surface area contributed by atoms with Crippen molar-refractivity contribution in [3.63, 3.8) is 0 Å². The Kier molecular flexibility index (Phi) is 3.71. The highest BCUT2D eigenvalue weighted by atomic mass is 32.1. The van der Waals surface area contributed by atoms with Gasteiger partial charge >= 0.3 is 5.97 Å². The zero-order valence-corrected chi connectivity index (χ0v) is 11.2. The number of aliphatic carboxylic acids is 1. The summed E-state index contributed by atoms with van der Waals surface area (Å²) in [5, 5.41) is 11.3. The molecule has 98 valence electrons. The summed E-state index contributed by atoms with van der Waals surface area (Å²) in [5.74, 6) is -1.07. The Morgan fingerprint density at radius 1 is 1.33 bits per heavy atom. The fourth-order valence-corrected chi connectivity index (χ4v) is 3.29. The van der Waals surface area contributed by atoms with Gasteiger partial charge in [-0.05, 0) is 24.3 Å². The summed E-state index contributed by atoms with van der Waals surface area (Å²) in [5.41, 5.74) is -1.01. The lowest BCUT2D eigenvalue weighted by molar-refractivity contribution is -0.151. The Morgan fingerprint density at radius 2 is 2.00 bits per heavy atom. The zero-order chi connectivity index (χ0) is 13.2. The van der Waals surface area contributed by atoms with E-state index >= 15 is 0 Å². The Labute approximate surface area is 110 Å². The number of amides is 1. The van der Waals surface area contributed by atoms with Crippen LogP contribution in [0, 0.1) is 0 Å². The van der Waals surface area contributed by atoms with Gasteiger partial charge in [-0.2, -0.15) is 0 Å². The van der Waals surface area contributed by atoms with Crippen LogP contribution in [0.25, 0.3) is 0 Å². The van der Waals surface area contributed by atoms with Gasteiger partial charge in [0.1, 0.15) is 5.54 Å². The average molecular weight is 267 g/mol. The van der Waals surface area contributed by atoms with Crippen molar-refractivity contribution < 1.29 is 14.7 Å². The fourth-order valence-electron chi connectivity index (χ4n) is 2.59. The molecule has 1 aliphatic carbocycles. The summed E-state index contributed by atoms with van der Waals surface area (Å²) >= 11 is 1.35. The molecule has 0 spiro atoms. The Morgan fingerprint density at radius 3 is 2.50 bits per heavy atom. The molecule has 0 bridgehead atoms. The highest BCUT2D eigenvalue weighted by Crippen LogP contribution is 2.34. The van der Waals surface area contributed by atoms with Crippen LogP contribution in [0.5, 0.6) is 0 Å². The van der Waals surface area contributed by atoms with Crippen LogP contribution in [-0.2, 0) is 4.79 Å². The average Bonchev–Trinajstić information content (AvgIpc) is 2.91. The molecule has 1 N–H and O–H groups in total. The molecular formula is C13H17NO3S. The molecule has 0 atom stereocenters. The van der Waals surface area contributed by atoms with Crippen LogP contribution in [0.2, 0.25) is 0 Å². The van der Waals surface area contributed by atoms with E-state index in [4.69, 9.17) is 0 Å². The second-order valence-corrected chi connectivity index (χ2v) is 5.69. The van der Waals surface area contributed by atoms with Crippen LogP contribution >= 0.6 is 11.3 Å². The summed E-state index contributed by atoms with van der Waals surface area (Å²) in [6.45, 7) is 0. The number of hydrogen-bond donors (Lipinski definition) is 1. The Hall–Kier alpha value is -1.36. The van der Waals surface area contributed by atoms with Crippen LogP contribution in [0.4, 0.5) is 0 Å². The number of carboxylic acids is 1. The fraction of sp³-hybridized carbons (Fsp3) is 0.538. The molecule has 1 aliphatic rings. The third kappa shape index (κ3) is 2.14. The van der Waals surface area contributed by atoms with Gasteiger partial charge in [-0.25, -0.2) is 4.79 Å². The summed E-state index contributed by atoms with van der Waals surface area (Å²) in [4.78, 5) is 25.9. The van der Waals surface area contributed by atoms with Crippen molar-refractivity contribution in [2.75, 3.05) is 7.05 Å². The van der Waals surface area contributed by atoms with Gasteiger partial charge in [-0.1, -0.05) is 25.3 Å².